The molecule has 0 atom stereocenters. The van der Waals surface area contributed by atoms with Crippen molar-refractivity contribution in [1.82, 2.24) is 0 Å². The van der Waals surface area contributed by atoms with Crippen molar-refractivity contribution in [2.24, 2.45) is 5.92 Å². The summed E-state index contributed by atoms with van der Waals surface area (Å²) in [5, 5.41) is 1.93. The van der Waals surface area contributed by atoms with Crippen LogP contribution < -0.4 is 0 Å². The Labute approximate surface area is 101 Å². The van der Waals surface area contributed by atoms with E-state index in [4.69, 9.17) is 4.74 Å². The van der Waals surface area contributed by atoms with E-state index in [-0.39, 0.29) is 12.4 Å². The first-order valence-corrected chi connectivity index (χ1v) is 6.82. The third kappa shape index (κ3) is 3.16. The predicted molar refractivity (Wildman–Crippen MR) is 66.0 cm³/mol. The van der Waals surface area contributed by atoms with E-state index in [9.17, 15) is 4.79 Å². The van der Waals surface area contributed by atoms with E-state index in [1.54, 1.807) is 0 Å². The fourth-order valence-corrected chi connectivity index (χ4v) is 2.75. The first kappa shape index (κ1) is 11.8. The van der Waals surface area contributed by atoms with Gasteiger partial charge in [-0.1, -0.05) is 13.0 Å². The molecule has 0 N–H and O–H groups in total. The summed E-state index contributed by atoms with van der Waals surface area (Å²) >= 11 is 1.49. The summed E-state index contributed by atoms with van der Waals surface area (Å²) in [6, 6.07) is 3.76. The summed E-state index contributed by atoms with van der Waals surface area (Å²) in [5.41, 5.74) is 0. The van der Waals surface area contributed by atoms with Gasteiger partial charge in [0.25, 0.3) is 0 Å². The lowest BCUT2D eigenvalue weighted by Gasteiger charge is -2.25. The number of hydrogen-bond acceptors (Lipinski definition) is 3. The van der Waals surface area contributed by atoms with Gasteiger partial charge in [0.1, 0.15) is 6.61 Å². The zero-order chi connectivity index (χ0) is 11.4. The molecule has 0 spiro atoms. The van der Waals surface area contributed by atoms with Crippen molar-refractivity contribution in [1.29, 1.82) is 0 Å². The van der Waals surface area contributed by atoms with Crippen LogP contribution in [0.15, 0.2) is 17.5 Å². The van der Waals surface area contributed by atoms with Crippen LogP contribution in [0.1, 0.15) is 42.3 Å². The second-order valence-electron chi connectivity index (χ2n) is 4.59. The standard InChI is InChI=1S/C13H18O2S/c1-10-4-6-11(7-5-10)15-9-12(14)13-3-2-8-16-13/h2-3,8,10-11H,4-7,9H2,1H3. The van der Waals surface area contributed by atoms with Crippen LogP contribution in [0, 0.1) is 5.92 Å². The maximum absolute atomic E-state index is 11.7. The lowest BCUT2D eigenvalue weighted by molar-refractivity contribution is 0.0219. The second-order valence-corrected chi connectivity index (χ2v) is 5.54. The molecule has 0 radical (unpaired) electrons. The highest BCUT2D eigenvalue weighted by Crippen LogP contribution is 2.25. The molecule has 0 saturated heterocycles. The molecule has 1 fully saturated rings. The molecule has 0 amide bonds. The lowest BCUT2D eigenvalue weighted by atomic mass is 9.89. The van der Waals surface area contributed by atoms with Gasteiger partial charge in [0, 0.05) is 0 Å². The molecule has 1 aromatic rings. The minimum absolute atomic E-state index is 0.119. The van der Waals surface area contributed by atoms with E-state index in [0.29, 0.717) is 6.10 Å². The molecule has 0 aliphatic heterocycles. The summed E-state index contributed by atoms with van der Waals surface area (Å²) < 4.78 is 5.67. The molecule has 0 unspecified atom stereocenters. The molecule has 0 bridgehead atoms. The van der Waals surface area contributed by atoms with E-state index in [1.807, 2.05) is 17.5 Å². The smallest absolute Gasteiger partial charge is 0.198 e. The molecule has 1 saturated carbocycles. The topological polar surface area (TPSA) is 26.3 Å². The summed E-state index contributed by atoms with van der Waals surface area (Å²) in [6.45, 7) is 2.53. The molecule has 2 rings (SSSR count). The van der Waals surface area contributed by atoms with E-state index in [1.165, 1.54) is 24.2 Å². The molecule has 16 heavy (non-hydrogen) atoms. The zero-order valence-electron chi connectivity index (χ0n) is 9.65. The number of Topliss-reactive ketones (excluding diaryl/α,β-unsaturated/α-hetero) is 1. The summed E-state index contributed by atoms with van der Waals surface area (Å²) in [7, 11) is 0. The van der Waals surface area contributed by atoms with Gasteiger partial charge >= 0.3 is 0 Å². The Morgan fingerprint density at radius 1 is 1.44 bits per heavy atom. The van der Waals surface area contributed by atoms with Crippen LogP contribution in [0.2, 0.25) is 0 Å². The number of carbonyl (C=O) groups is 1. The number of thiophene rings is 1. The third-order valence-corrected chi connectivity index (χ3v) is 4.12. The van der Waals surface area contributed by atoms with Crippen molar-refractivity contribution in [2.75, 3.05) is 6.61 Å². The molecule has 1 heterocycles. The van der Waals surface area contributed by atoms with Crippen LogP contribution in [-0.4, -0.2) is 18.5 Å². The molecule has 3 heteroatoms. The van der Waals surface area contributed by atoms with Crippen LogP contribution >= 0.6 is 11.3 Å². The third-order valence-electron chi connectivity index (χ3n) is 3.21. The van der Waals surface area contributed by atoms with Crippen LogP contribution in [0.25, 0.3) is 0 Å². The summed E-state index contributed by atoms with van der Waals surface area (Å²) in [5.74, 6) is 0.946. The van der Waals surface area contributed by atoms with Crippen LogP contribution in [0.3, 0.4) is 0 Å². The van der Waals surface area contributed by atoms with E-state index in [2.05, 4.69) is 6.92 Å². The maximum atomic E-state index is 11.7. The Hall–Kier alpha value is -0.670. The molecule has 2 nitrogen and oxygen atoms in total. The van der Waals surface area contributed by atoms with Gasteiger partial charge in [-0.2, -0.15) is 0 Å². The zero-order valence-corrected chi connectivity index (χ0v) is 10.5. The van der Waals surface area contributed by atoms with E-state index >= 15 is 0 Å². The molecule has 1 aliphatic carbocycles. The SMILES string of the molecule is CC1CCC(OCC(=O)c2cccs2)CC1. The monoisotopic (exact) mass is 238 g/mol. The Morgan fingerprint density at radius 2 is 2.19 bits per heavy atom. The predicted octanol–water partition coefficient (Wildman–Crippen LogP) is 3.53. The highest BCUT2D eigenvalue weighted by molar-refractivity contribution is 7.12. The Morgan fingerprint density at radius 3 is 2.81 bits per heavy atom. The van der Waals surface area contributed by atoms with E-state index in [0.717, 1.165) is 23.6 Å². The number of hydrogen-bond donors (Lipinski definition) is 0. The van der Waals surface area contributed by atoms with Gasteiger partial charge < -0.3 is 4.74 Å². The normalized spacial score (nSPS) is 25.6. The highest BCUT2D eigenvalue weighted by atomic mass is 32.1. The second kappa shape index (κ2) is 5.60. The van der Waals surface area contributed by atoms with Gasteiger partial charge in [-0.15, -0.1) is 11.3 Å². The first-order chi connectivity index (χ1) is 7.75. The minimum atomic E-state index is 0.119. The van der Waals surface area contributed by atoms with Gasteiger partial charge in [-0.3, -0.25) is 4.79 Å². The van der Waals surface area contributed by atoms with Gasteiger partial charge in [0.2, 0.25) is 0 Å². The Kier molecular flexibility index (Phi) is 4.13. The number of rotatable bonds is 4. The van der Waals surface area contributed by atoms with Gasteiger partial charge in [0.15, 0.2) is 5.78 Å². The average molecular weight is 238 g/mol. The largest absolute Gasteiger partial charge is 0.370 e. The Bertz CT molecular complexity index is 324. The van der Waals surface area contributed by atoms with Gasteiger partial charge in [-0.05, 0) is 43.0 Å². The number of ketones is 1. The highest BCUT2D eigenvalue weighted by Gasteiger charge is 2.19. The van der Waals surface area contributed by atoms with Crippen molar-refractivity contribution < 1.29 is 9.53 Å². The molecular formula is C13H18O2S. The molecule has 1 aliphatic rings. The molecular weight excluding hydrogens is 220 g/mol. The average Bonchev–Trinajstić information content (AvgIpc) is 2.81. The van der Waals surface area contributed by atoms with Crippen molar-refractivity contribution in [3.8, 4) is 0 Å². The van der Waals surface area contributed by atoms with Crippen LogP contribution in [0.5, 0.6) is 0 Å². The summed E-state index contributed by atoms with van der Waals surface area (Å²) in [4.78, 5) is 12.5. The van der Waals surface area contributed by atoms with Crippen molar-refractivity contribution in [2.45, 2.75) is 38.7 Å². The van der Waals surface area contributed by atoms with Gasteiger partial charge in [-0.25, -0.2) is 0 Å². The first-order valence-electron chi connectivity index (χ1n) is 5.94. The fourth-order valence-electron chi connectivity index (χ4n) is 2.10. The van der Waals surface area contributed by atoms with Crippen molar-refractivity contribution >= 4 is 17.1 Å². The maximum Gasteiger partial charge on any atom is 0.198 e. The quantitative estimate of drug-likeness (QED) is 0.750. The Balaban J connectivity index is 1.73. The van der Waals surface area contributed by atoms with Crippen molar-refractivity contribution in [3.05, 3.63) is 22.4 Å². The van der Waals surface area contributed by atoms with Crippen LogP contribution in [-0.2, 0) is 4.74 Å². The molecule has 1 aromatic heterocycles. The fraction of sp³-hybridized carbons (Fsp3) is 0.615. The molecule has 88 valence electrons. The van der Waals surface area contributed by atoms with Gasteiger partial charge in [0.05, 0.1) is 11.0 Å². The van der Waals surface area contributed by atoms with E-state index < -0.39 is 0 Å². The number of carbonyl (C=O) groups excluding carboxylic acids is 1. The van der Waals surface area contributed by atoms with Crippen molar-refractivity contribution in [3.63, 3.8) is 0 Å². The van der Waals surface area contributed by atoms with Crippen LogP contribution in [0.4, 0.5) is 0 Å². The molecule has 0 aromatic carbocycles. The number of ether oxygens (including phenoxy) is 1. The summed E-state index contributed by atoms with van der Waals surface area (Å²) in [6.07, 6.45) is 4.99. The lowest BCUT2D eigenvalue weighted by Crippen LogP contribution is -2.23. The minimum Gasteiger partial charge on any atom is -0.370 e.